The molecule has 25 heavy (non-hydrogen) atoms. The molecule has 0 unspecified atom stereocenters. The number of benzene rings is 2. The number of nitrogens with zero attached hydrogens (tertiary/aromatic N) is 1. The van der Waals surface area contributed by atoms with Crippen LogP contribution < -0.4 is 0 Å². The SMILES string of the molecule is O=C(c1ccccc1Cl)N(Cc1ccc(F)cc1)[C@@H]1CCS(=O)(=O)C1. The molecule has 0 bridgehead atoms. The minimum absolute atomic E-state index is 0.0629. The number of hydrogen-bond acceptors (Lipinski definition) is 3. The predicted molar refractivity (Wildman–Crippen MR) is 94.8 cm³/mol. The third kappa shape index (κ3) is 4.19. The molecule has 7 heteroatoms. The molecule has 2 aromatic rings. The van der Waals surface area contributed by atoms with Gasteiger partial charge in [-0.05, 0) is 36.2 Å². The van der Waals surface area contributed by atoms with E-state index >= 15 is 0 Å². The van der Waals surface area contributed by atoms with Crippen LogP contribution in [0.3, 0.4) is 0 Å². The molecule has 1 heterocycles. The Bertz CT molecular complexity index is 883. The van der Waals surface area contributed by atoms with Crippen molar-refractivity contribution in [1.82, 2.24) is 4.90 Å². The Morgan fingerprint density at radius 3 is 2.44 bits per heavy atom. The summed E-state index contributed by atoms with van der Waals surface area (Å²) >= 11 is 6.13. The molecule has 0 aromatic heterocycles. The molecule has 2 aromatic carbocycles. The van der Waals surface area contributed by atoms with Crippen LogP contribution in [0.2, 0.25) is 5.02 Å². The lowest BCUT2D eigenvalue weighted by molar-refractivity contribution is 0.0681. The highest BCUT2D eigenvalue weighted by molar-refractivity contribution is 7.91. The minimum atomic E-state index is -3.15. The van der Waals surface area contributed by atoms with E-state index in [-0.39, 0.29) is 29.8 Å². The average molecular weight is 382 g/mol. The van der Waals surface area contributed by atoms with Gasteiger partial charge in [-0.1, -0.05) is 35.9 Å². The number of sulfone groups is 1. The maximum Gasteiger partial charge on any atom is 0.255 e. The van der Waals surface area contributed by atoms with Crippen LogP contribution in [-0.4, -0.2) is 36.8 Å². The van der Waals surface area contributed by atoms with Crippen LogP contribution >= 0.6 is 11.6 Å². The van der Waals surface area contributed by atoms with E-state index in [1.165, 1.54) is 17.0 Å². The number of hydrogen-bond donors (Lipinski definition) is 0. The van der Waals surface area contributed by atoms with Gasteiger partial charge in [0.15, 0.2) is 9.84 Å². The summed E-state index contributed by atoms with van der Waals surface area (Å²) in [5.74, 6) is -0.689. The highest BCUT2D eigenvalue weighted by Gasteiger charge is 2.35. The molecule has 0 saturated carbocycles. The molecular formula is C18H17ClFNO3S. The van der Waals surface area contributed by atoms with E-state index in [1.54, 1.807) is 36.4 Å². The first kappa shape index (κ1) is 17.9. The van der Waals surface area contributed by atoms with Gasteiger partial charge in [0.05, 0.1) is 22.1 Å². The monoisotopic (exact) mass is 381 g/mol. The second-order valence-electron chi connectivity index (χ2n) is 6.10. The van der Waals surface area contributed by atoms with E-state index in [0.717, 1.165) is 5.56 Å². The first-order valence-corrected chi connectivity index (χ1v) is 10.1. The average Bonchev–Trinajstić information content (AvgIpc) is 2.94. The van der Waals surface area contributed by atoms with Gasteiger partial charge >= 0.3 is 0 Å². The van der Waals surface area contributed by atoms with Crippen molar-refractivity contribution in [2.45, 2.75) is 19.0 Å². The van der Waals surface area contributed by atoms with Crippen LogP contribution in [0, 0.1) is 5.82 Å². The van der Waals surface area contributed by atoms with Crippen molar-refractivity contribution in [3.05, 3.63) is 70.5 Å². The lowest BCUT2D eigenvalue weighted by atomic mass is 10.1. The molecule has 3 rings (SSSR count). The zero-order valence-corrected chi connectivity index (χ0v) is 14.9. The zero-order valence-electron chi connectivity index (χ0n) is 13.4. The topological polar surface area (TPSA) is 54.5 Å². The first-order chi connectivity index (χ1) is 11.9. The molecule has 1 amide bonds. The van der Waals surface area contributed by atoms with Gasteiger partial charge in [-0.25, -0.2) is 12.8 Å². The molecule has 132 valence electrons. The van der Waals surface area contributed by atoms with Crippen LogP contribution in [0.25, 0.3) is 0 Å². The molecule has 1 aliphatic heterocycles. The van der Waals surface area contributed by atoms with Gasteiger partial charge < -0.3 is 4.90 Å². The molecule has 0 radical (unpaired) electrons. The maximum absolute atomic E-state index is 13.1. The fourth-order valence-corrected chi connectivity index (χ4v) is 4.91. The molecule has 1 saturated heterocycles. The number of amides is 1. The van der Waals surface area contributed by atoms with Crippen molar-refractivity contribution >= 4 is 27.3 Å². The third-order valence-electron chi connectivity index (χ3n) is 4.28. The standard InChI is InChI=1S/C18H17ClFNO3S/c19-17-4-2-1-3-16(17)18(22)21(15-9-10-25(23,24)12-15)11-13-5-7-14(20)8-6-13/h1-8,15H,9-12H2/t15-/m1/s1. The highest BCUT2D eigenvalue weighted by atomic mass is 35.5. The smallest absolute Gasteiger partial charge is 0.255 e. The largest absolute Gasteiger partial charge is 0.330 e. The van der Waals surface area contributed by atoms with Crippen molar-refractivity contribution in [3.8, 4) is 0 Å². The van der Waals surface area contributed by atoms with Crippen LogP contribution in [0.5, 0.6) is 0 Å². The van der Waals surface area contributed by atoms with Gasteiger partial charge in [0.25, 0.3) is 5.91 Å². The molecule has 0 N–H and O–H groups in total. The predicted octanol–water partition coefficient (Wildman–Crippen LogP) is 3.31. The Hall–Kier alpha value is -1.92. The van der Waals surface area contributed by atoms with Gasteiger partial charge in [-0.3, -0.25) is 4.79 Å². The third-order valence-corrected chi connectivity index (χ3v) is 6.36. The lowest BCUT2D eigenvalue weighted by Crippen LogP contribution is -2.40. The normalized spacial score (nSPS) is 18.9. The molecule has 0 spiro atoms. The summed E-state index contributed by atoms with van der Waals surface area (Å²) in [6.45, 7) is 0.199. The number of carbonyl (C=O) groups is 1. The fraction of sp³-hybridized carbons (Fsp3) is 0.278. The number of rotatable bonds is 4. The van der Waals surface area contributed by atoms with Crippen LogP contribution in [0.1, 0.15) is 22.3 Å². The van der Waals surface area contributed by atoms with Gasteiger partial charge in [0.1, 0.15) is 5.82 Å². The van der Waals surface area contributed by atoms with E-state index in [0.29, 0.717) is 17.0 Å². The van der Waals surface area contributed by atoms with Gasteiger partial charge in [0.2, 0.25) is 0 Å². The highest BCUT2D eigenvalue weighted by Crippen LogP contribution is 2.25. The van der Waals surface area contributed by atoms with Crippen molar-refractivity contribution in [2.75, 3.05) is 11.5 Å². The van der Waals surface area contributed by atoms with Crippen LogP contribution in [0.4, 0.5) is 4.39 Å². The number of carbonyl (C=O) groups excluding carboxylic acids is 1. The molecular weight excluding hydrogens is 365 g/mol. The Balaban J connectivity index is 1.92. The maximum atomic E-state index is 13.1. The summed E-state index contributed by atoms with van der Waals surface area (Å²) in [6, 6.07) is 12.1. The van der Waals surface area contributed by atoms with Crippen LogP contribution in [0.15, 0.2) is 48.5 Å². The summed E-state index contributed by atoms with van der Waals surface area (Å²) in [6.07, 6.45) is 0.389. The van der Waals surface area contributed by atoms with E-state index in [2.05, 4.69) is 0 Å². The molecule has 0 aliphatic carbocycles. The summed E-state index contributed by atoms with van der Waals surface area (Å²) in [7, 11) is -3.15. The molecule has 4 nitrogen and oxygen atoms in total. The van der Waals surface area contributed by atoms with Gasteiger partial charge in [-0.2, -0.15) is 0 Å². The second-order valence-corrected chi connectivity index (χ2v) is 8.73. The van der Waals surface area contributed by atoms with Crippen LogP contribution in [-0.2, 0) is 16.4 Å². The van der Waals surface area contributed by atoms with E-state index in [1.807, 2.05) is 0 Å². The molecule has 1 atom stereocenters. The summed E-state index contributed by atoms with van der Waals surface area (Å²) < 4.78 is 36.8. The van der Waals surface area contributed by atoms with Crippen molar-refractivity contribution < 1.29 is 17.6 Å². The molecule has 1 aliphatic rings. The van der Waals surface area contributed by atoms with Crippen molar-refractivity contribution in [2.24, 2.45) is 0 Å². The van der Waals surface area contributed by atoms with E-state index in [9.17, 15) is 17.6 Å². The Kier molecular flexibility index (Phi) is 5.11. The molecule has 1 fully saturated rings. The van der Waals surface area contributed by atoms with Crippen molar-refractivity contribution in [1.29, 1.82) is 0 Å². The van der Waals surface area contributed by atoms with Gasteiger partial charge in [0, 0.05) is 12.6 Å². The number of halogens is 2. The van der Waals surface area contributed by atoms with E-state index in [4.69, 9.17) is 11.6 Å². The Labute approximate surface area is 151 Å². The zero-order chi connectivity index (χ0) is 18.0. The lowest BCUT2D eigenvalue weighted by Gasteiger charge is -2.29. The van der Waals surface area contributed by atoms with E-state index < -0.39 is 15.9 Å². The second kappa shape index (κ2) is 7.14. The summed E-state index contributed by atoms with van der Waals surface area (Å²) in [5.41, 5.74) is 1.06. The Morgan fingerprint density at radius 1 is 1.16 bits per heavy atom. The first-order valence-electron chi connectivity index (χ1n) is 7.86. The minimum Gasteiger partial charge on any atom is -0.330 e. The summed E-state index contributed by atoms with van der Waals surface area (Å²) in [5, 5.41) is 0.317. The van der Waals surface area contributed by atoms with Crippen molar-refractivity contribution in [3.63, 3.8) is 0 Å². The quantitative estimate of drug-likeness (QED) is 0.816. The fourth-order valence-electron chi connectivity index (χ4n) is 2.96. The Morgan fingerprint density at radius 2 is 1.84 bits per heavy atom. The van der Waals surface area contributed by atoms with Gasteiger partial charge in [-0.15, -0.1) is 0 Å². The summed E-state index contributed by atoms with van der Waals surface area (Å²) in [4.78, 5) is 14.5.